The highest BCUT2D eigenvalue weighted by atomic mass is 16.5. The number of methoxy groups -OCH3 is 1. The topological polar surface area (TPSA) is 63.3 Å². The lowest BCUT2D eigenvalue weighted by Gasteiger charge is -2.11. The van der Waals surface area contributed by atoms with Gasteiger partial charge in [0.2, 0.25) is 5.91 Å². The van der Waals surface area contributed by atoms with Gasteiger partial charge in [-0.1, -0.05) is 18.1 Å². The van der Waals surface area contributed by atoms with Crippen LogP contribution in [-0.4, -0.2) is 24.6 Å². The number of aryl methyl sites for hydroxylation is 1. The number of fused-ring (bicyclic) bond motifs is 1. The van der Waals surface area contributed by atoms with Gasteiger partial charge in [-0.3, -0.25) is 4.79 Å². The summed E-state index contributed by atoms with van der Waals surface area (Å²) in [5.41, 5.74) is 3.17. The predicted molar refractivity (Wildman–Crippen MR) is 106 cm³/mol. The van der Waals surface area contributed by atoms with Crippen molar-refractivity contribution in [1.29, 1.82) is 0 Å². The van der Waals surface area contributed by atoms with Crippen LogP contribution in [-0.2, 0) is 17.8 Å². The number of terminal acetylenes is 1. The second-order valence-corrected chi connectivity index (χ2v) is 6.15. The molecule has 0 aliphatic carbocycles. The highest BCUT2D eigenvalue weighted by Crippen LogP contribution is 2.28. The van der Waals surface area contributed by atoms with Gasteiger partial charge in [0, 0.05) is 24.7 Å². The van der Waals surface area contributed by atoms with E-state index in [-0.39, 0.29) is 12.5 Å². The van der Waals surface area contributed by atoms with E-state index in [1.165, 1.54) is 0 Å². The Morgan fingerprint density at radius 2 is 2.00 bits per heavy atom. The number of H-pyrrole nitrogens is 1. The maximum Gasteiger partial charge on any atom is 0.220 e. The number of hydrogen-bond donors (Lipinski definition) is 2. The molecule has 138 valence electrons. The van der Waals surface area contributed by atoms with Crippen LogP contribution < -0.4 is 14.8 Å². The molecule has 0 spiro atoms. The maximum atomic E-state index is 12.2. The van der Waals surface area contributed by atoms with E-state index >= 15 is 0 Å². The number of hydrogen-bond acceptors (Lipinski definition) is 3. The number of amides is 1. The first kappa shape index (κ1) is 18.4. The number of benzene rings is 2. The summed E-state index contributed by atoms with van der Waals surface area (Å²) in [4.78, 5) is 15.3. The van der Waals surface area contributed by atoms with Crippen LogP contribution in [0.15, 0.2) is 48.7 Å². The van der Waals surface area contributed by atoms with Crippen LogP contribution in [0.3, 0.4) is 0 Å². The molecule has 2 aromatic carbocycles. The van der Waals surface area contributed by atoms with Gasteiger partial charge in [0.05, 0.1) is 7.11 Å². The van der Waals surface area contributed by atoms with Crippen molar-refractivity contribution in [3.8, 4) is 23.8 Å². The van der Waals surface area contributed by atoms with Crippen molar-refractivity contribution in [2.75, 3.05) is 13.7 Å². The Bertz CT molecular complexity index is 969. The Morgan fingerprint density at radius 3 is 2.81 bits per heavy atom. The molecule has 2 N–H and O–H groups in total. The van der Waals surface area contributed by atoms with Gasteiger partial charge < -0.3 is 19.8 Å². The fraction of sp³-hybridized carbons (Fsp3) is 0.227. The van der Waals surface area contributed by atoms with Crippen LogP contribution in [0.2, 0.25) is 0 Å². The minimum atomic E-state index is 0.00999. The third-order valence-electron chi connectivity index (χ3n) is 4.29. The van der Waals surface area contributed by atoms with Gasteiger partial charge >= 0.3 is 0 Å². The van der Waals surface area contributed by atoms with Gasteiger partial charge in [-0.2, -0.15) is 0 Å². The summed E-state index contributed by atoms with van der Waals surface area (Å²) in [6, 6.07) is 13.7. The molecular formula is C22H22N2O3. The van der Waals surface area contributed by atoms with E-state index in [9.17, 15) is 4.79 Å². The number of aromatic nitrogens is 1. The molecule has 5 nitrogen and oxygen atoms in total. The molecule has 0 radical (unpaired) electrons. The zero-order valence-electron chi connectivity index (χ0n) is 15.2. The number of aromatic amines is 1. The first-order valence-electron chi connectivity index (χ1n) is 8.75. The van der Waals surface area contributed by atoms with E-state index in [1.807, 2.05) is 42.6 Å². The van der Waals surface area contributed by atoms with Crippen molar-refractivity contribution in [3.63, 3.8) is 0 Å². The Morgan fingerprint density at radius 1 is 1.15 bits per heavy atom. The largest absolute Gasteiger partial charge is 0.493 e. The Hall–Kier alpha value is -3.39. The second-order valence-electron chi connectivity index (χ2n) is 6.15. The third kappa shape index (κ3) is 4.83. The molecule has 0 saturated carbocycles. The highest BCUT2D eigenvalue weighted by Gasteiger charge is 2.08. The van der Waals surface area contributed by atoms with E-state index in [0.717, 1.165) is 22.0 Å². The van der Waals surface area contributed by atoms with Crippen molar-refractivity contribution in [2.45, 2.75) is 19.4 Å². The first-order valence-corrected chi connectivity index (χ1v) is 8.75. The number of rotatable bonds is 8. The molecule has 0 saturated heterocycles. The van der Waals surface area contributed by atoms with Gasteiger partial charge in [-0.15, -0.1) is 6.42 Å². The van der Waals surface area contributed by atoms with E-state index in [1.54, 1.807) is 7.11 Å². The lowest BCUT2D eigenvalue weighted by atomic mass is 10.1. The maximum absolute atomic E-state index is 12.2. The summed E-state index contributed by atoms with van der Waals surface area (Å²) in [6.07, 6.45) is 8.14. The average molecular weight is 362 g/mol. The molecule has 0 unspecified atom stereocenters. The van der Waals surface area contributed by atoms with Crippen LogP contribution in [0.25, 0.3) is 10.9 Å². The minimum absolute atomic E-state index is 0.00999. The monoisotopic (exact) mass is 362 g/mol. The normalized spacial score (nSPS) is 10.4. The SMILES string of the molecule is C#CCOc1ccc(CCC(=O)NCc2ccc3[nH]ccc3c2)cc1OC. The number of carbonyl (C=O) groups excluding carboxylic acids is 1. The van der Waals surface area contributed by atoms with Gasteiger partial charge in [0.15, 0.2) is 11.5 Å². The summed E-state index contributed by atoms with van der Waals surface area (Å²) in [5, 5.41) is 4.11. The van der Waals surface area contributed by atoms with Gasteiger partial charge in [0.1, 0.15) is 6.61 Å². The van der Waals surface area contributed by atoms with Crippen LogP contribution in [0, 0.1) is 12.3 Å². The van der Waals surface area contributed by atoms with Gasteiger partial charge in [-0.05, 0) is 53.3 Å². The lowest BCUT2D eigenvalue weighted by Crippen LogP contribution is -2.22. The van der Waals surface area contributed by atoms with Crippen LogP contribution >= 0.6 is 0 Å². The molecule has 0 atom stereocenters. The van der Waals surface area contributed by atoms with Crippen LogP contribution in [0.5, 0.6) is 11.5 Å². The van der Waals surface area contributed by atoms with Crippen molar-refractivity contribution in [1.82, 2.24) is 10.3 Å². The number of ether oxygens (including phenoxy) is 2. The lowest BCUT2D eigenvalue weighted by molar-refractivity contribution is -0.121. The molecule has 5 heteroatoms. The zero-order chi connectivity index (χ0) is 19.1. The molecule has 0 aliphatic heterocycles. The van der Waals surface area contributed by atoms with Crippen molar-refractivity contribution < 1.29 is 14.3 Å². The smallest absolute Gasteiger partial charge is 0.220 e. The molecular weight excluding hydrogens is 340 g/mol. The average Bonchev–Trinajstić information content (AvgIpc) is 3.17. The molecule has 0 aliphatic rings. The van der Waals surface area contributed by atoms with Crippen molar-refractivity contribution >= 4 is 16.8 Å². The second kappa shape index (κ2) is 8.81. The number of carbonyl (C=O) groups is 1. The summed E-state index contributed by atoms with van der Waals surface area (Å²) in [5.74, 6) is 3.65. The summed E-state index contributed by atoms with van der Waals surface area (Å²) < 4.78 is 10.8. The fourth-order valence-electron chi connectivity index (χ4n) is 2.87. The van der Waals surface area contributed by atoms with Crippen molar-refractivity contribution in [2.24, 2.45) is 0 Å². The van der Waals surface area contributed by atoms with E-state index in [2.05, 4.69) is 22.3 Å². The van der Waals surface area contributed by atoms with Gasteiger partial charge in [-0.25, -0.2) is 0 Å². The third-order valence-corrected chi connectivity index (χ3v) is 4.29. The van der Waals surface area contributed by atoms with Crippen LogP contribution in [0.1, 0.15) is 17.5 Å². The number of nitrogens with one attached hydrogen (secondary N) is 2. The molecule has 27 heavy (non-hydrogen) atoms. The Kier molecular flexibility index (Phi) is 6.01. The zero-order valence-corrected chi connectivity index (χ0v) is 15.2. The summed E-state index contributed by atoms with van der Waals surface area (Å²) in [6.45, 7) is 0.703. The summed E-state index contributed by atoms with van der Waals surface area (Å²) in [7, 11) is 1.58. The Labute approximate surface area is 158 Å². The molecule has 1 amide bonds. The fourth-order valence-corrected chi connectivity index (χ4v) is 2.87. The molecule has 1 aromatic heterocycles. The van der Waals surface area contributed by atoms with E-state index in [0.29, 0.717) is 30.9 Å². The molecule has 3 rings (SSSR count). The van der Waals surface area contributed by atoms with Crippen LogP contribution in [0.4, 0.5) is 0 Å². The van der Waals surface area contributed by atoms with E-state index < -0.39 is 0 Å². The van der Waals surface area contributed by atoms with Gasteiger partial charge in [0.25, 0.3) is 0 Å². The molecule has 3 aromatic rings. The predicted octanol–water partition coefficient (Wildman–Crippen LogP) is 3.44. The molecule has 1 heterocycles. The quantitative estimate of drug-likeness (QED) is 0.604. The molecule has 0 bridgehead atoms. The standard InChI is InChI=1S/C22H22N2O3/c1-3-12-27-20-8-5-16(14-21(20)26-2)6-9-22(25)24-15-17-4-7-19-18(13-17)10-11-23-19/h1,4-5,7-8,10-11,13-14,23H,6,9,12,15H2,2H3,(H,24,25). The highest BCUT2D eigenvalue weighted by molar-refractivity contribution is 5.80. The first-order chi connectivity index (χ1) is 13.2. The minimum Gasteiger partial charge on any atom is -0.493 e. The summed E-state index contributed by atoms with van der Waals surface area (Å²) >= 11 is 0. The van der Waals surface area contributed by atoms with Crippen molar-refractivity contribution in [3.05, 3.63) is 59.8 Å². The molecule has 0 fully saturated rings. The Balaban J connectivity index is 1.51. The van der Waals surface area contributed by atoms with E-state index in [4.69, 9.17) is 15.9 Å².